The molecule has 19 heteroatoms. The molecule has 0 aromatic carbocycles. The maximum Gasteiger partial charge on any atom is 0.230 e. The molecule has 0 spiro atoms. The number of anilines is 5. The van der Waals surface area contributed by atoms with Crippen LogP contribution in [0.2, 0.25) is 5.28 Å². The van der Waals surface area contributed by atoms with Crippen molar-refractivity contribution in [3.05, 3.63) is 66.7 Å². The number of nitrogens with zero attached hydrogens (tertiary/aromatic N) is 12. The zero-order valence-electron chi connectivity index (χ0n) is 31.8. The monoisotopic (exact) mass is 770 g/mol. The summed E-state index contributed by atoms with van der Waals surface area (Å²) in [5.74, 6) is 5.39. The molecule has 8 rings (SSSR count). The second-order valence-electron chi connectivity index (χ2n) is 12.7. The van der Waals surface area contributed by atoms with Crippen molar-refractivity contribution < 1.29 is 18.9 Å². The highest BCUT2D eigenvalue weighted by atomic mass is 35.5. The largest absolute Gasteiger partial charge is 0.486 e. The molecule has 0 aliphatic carbocycles. The second-order valence-corrected chi connectivity index (χ2v) is 13.1. The third-order valence-corrected chi connectivity index (χ3v) is 8.98. The molecule has 18 nitrogen and oxygen atoms in total. The molecule has 0 saturated carbocycles. The van der Waals surface area contributed by atoms with E-state index >= 15 is 0 Å². The fourth-order valence-corrected chi connectivity index (χ4v) is 5.61. The molecule has 0 radical (unpaired) electrons. The van der Waals surface area contributed by atoms with E-state index in [9.17, 15) is 0 Å². The summed E-state index contributed by atoms with van der Waals surface area (Å²) in [4.78, 5) is 29.6. The summed E-state index contributed by atoms with van der Waals surface area (Å²) < 4.78 is 25.2. The zero-order valence-corrected chi connectivity index (χ0v) is 32.6. The van der Waals surface area contributed by atoms with Crippen molar-refractivity contribution in [3.63, 3.8) is 0 Å². The van der Waals surface area contributed by atoms with Crippen molar-refractivity contribution in [3.8, 4) is 45.5 Å². The number of halogens is 1. The SMILES string of the molecule is CC1COc2cnc(Cl)nc2N1C.COc1nc(N)ccc1-c1cnn(C)c1.COc1nc(Nc2ncc3c(n2)N(C)C(C)CO3)ccc1-c1cnn(C)c1. The van der Waals surface area contributed by atoms with Crippen LogP contribution in [-0.4, -0.2) is 103 Å². The van der Waals surface area contributed by atoms with Crippen LogP contribution in [0.15, 0.2) is 61.4 Å². The summed E-state index contributed by atoms with van der Waals surface area (Å²) in [6.45, 7) is 5.43. The highest BCUT2D eigenvalue weighted by molar-refractivity contribution is 6.28. The minimum Gasteiger partial charge on any atom is -0.486 e. The Morgan fingerprint density at radius 2 is 1.24 bits per heavy atom. The number of hydrogen-bond donors (Lipinski definition) is 2. The number of likely N-dealkylation sites (N-methyl/N-ethyl adjacent to an activating group) is 2. The van der Waals surface area contributed by atoms with Gasteiger partial charge >= 0.3 is 0 Å². The Kier molecular flexibility index (Phi) is 11.6. The average molecular weight is 771 g/mol. The maximum atomic E-state index is 5.69. The summed E-state index contributed by atoms with van der Waals surface area (Å²) in [5, 5.41) is 11.7. The highest BCUT2D eigenvalue weighted by Crippen LogP contribution is 2.34. The molecule has 288 valence electrons. The summed E-state index contributed by atoms with van der Waals surface area (Å²) in [7, 11) is 10.9. The van der Waals surface area contributed by atoms with Crippen LogP contribution in [0.5, 0.6) is 23.3 Å². The number of hydrogen-bond acceptors (Lipinski definition) is 16. The van der Waals surface area contributed by atoms with Crippen LogP contribution in [0.25, 0.3) is 22.3 Å². The van der Waals surface area contributed by atoms with E-state index < -0.39 is 0 Å². The van der Waals surface area contributed by atoms with E-state index in [1.165, 1.54) is 0 Å². The van der Waals surface area contributed by atoms with E-state index in [2.05, 4.69) is 64.2 Å². The van der Waals surface area contributed by atoms with Gasteiger partial charge in [0.1, 0.15) is 24.8 Å². The normalized spacial score (nSPS) is 15.5. The molecule has 55 heavy (non-hydrogen) atoms. The van der Waals surface area contributed by atoms with Gasteiger partial charge in [-0.1, -0.05) is 0 Å². The molecule has 2 unspecified atom stereocenters. The number of pyridine rings is 2. The molecule has 2 aliphatic heterocycles. The number of nitrogens with two attached hydrogens (primary N) is 1. The number of methoxy groups -OCH3 is 2. The van der Waals surface area contributed by atoms with Gasteiger partial charge in [0.2, 0.25) is 23.0 Å². The standard InChI is InChI=1S/C18H21N7O2.C10H12N4O.C8H10ClN3O/c1-11-10-27-14-8-19-18(23-16(14)25(11)3)22-15-6-5-13(17(21-15)26-4)12-7-20-24(2)9-12;1-14-6-7(5-12-14)8-3-4-9(11)13-10(8)15-2;1-5-4-13-6-3-10-8(9)11-7(6)12(5)2/h5-9,11H,10H2,1-4H3,(H,19,21,22,23);3-6H,1-2H3,(H2,11,13);3,5H,4H2,1-2H3. The fourth-order valence-electron chi connectivity index (χ4n) is 5.48. The summed E-state index contributed by atoms with van der Waals surface area (Å²) in [6.07, 6.45) is 10.6. The fraction of sp³-hybridized carbons (Fsp3) is 0.333. The molecule has 0 bridgehead atoms. The van der Waals surface area contributed by atoms with Crippen molar-refractivity contribution in [2.24, 2.45) is 14.1 Å². The molecular weight excluding hydrogens is 728 g/mol. The van der Waals surface area contributed by atoms with Gasteiger partial charge in [-0.3, -0.25) is 9.36 Å². The van der Waals surface area contributed by atoms with E-state index in [1.54, 1.807) is 54.4 Å². The smallest absolute Gasteiger partial charge is 0.230 e. The number of ether oxygens (including phenoxy) is 4. The number of aryl methyl sites for hydroxylation is 2. The average Bonchev–Trinajstić information content (AvgIpc) is 3.83. The number of nitrogen functional groups attached to an aromatic ring is 1. The number of rotatable bonds is 6. The Bertz CT molecular complexity index is 2250. The van der Waals surface area contributed by atoms with Crippen molar-refractivity contribution in [2.75, 3.05) is 62.4 Å². The highest BCUT2D eigenvalue weighted by Gasteiger charge is 2.24. The predicted molar refractivity (Wildman–Crippen MR) is 209 cm³/mol. The van der Waals surface area contributed by atoms with Gasteiger partial charge in [-0.15, -0.1) is 0 Å². The van der Waals surface area contributed by atoms with Crippen molar-refractivity contribution >= 4 is 40.8 Å². The molecule has 3 N–H and O–H groups in total. The van der Waals surface area contributed by atoms with Crippen LogP contribution in [0.1, 0.15) is 13.8 Å². The van der Waals surface area contributed by atoms with Gasteiger partial charge in [0.25, 0.3) is 0 Å². The van der Waals surface area contributed by atoms with Crippen molar-refractivity contribution in [2.45, 2.75) is 25.9 Å². The lowest BCUT2D eigenvalue weighted by molar-refractivity contribution is 0.271. The van der Waals surface area contributed by atoms with Crippen LogP contribution in [0.3, 0.4) is 0 Å². The minimum atomic E-state index is 0.247. The predicted octanol–water partition coefficient (Wildman–Crippen LogP) is 4.66. The molecule has 2 aliphatic rings. The molecule has 6 aromatic rings. The van der Waals surface area contributed by atoms with E-state index in [4.69, 9.17) is 36.3 Å². The first-order valence-electron chi connectivity index (χ1n) is 17.2. The zero-order chi connectivity index (χ0) is 39.2. The van der Waals surface area contributed by atoms with Crippen molar-refractivity contribution in [1.29, 1.82) is 0 Å². The maximum absolute atomic E-state index is 5.69. The van der Waals surface area contributed by atoms with Crippen LogP contribution >= 0.6 is 11.6 Å². The molecule has 8 heterocycles. The molecule has 6 aromatic heterocycles. The van der Waals surface area contributed by atoms with E-state index in [-0.39, 0.29) is 11.3 Å². The van der Waals surface area contributed by atoms with E-state index in [0.29, 0.717) is 60.1 Å². The lowest BCUT2D eigenvalue weighted by Gasteiger charge is -2.32. The first-order valence-corrected chi connectivity index (χ1v) is 17.5. The molecule has 0 amide bonds. The number of aromatic nitrogens is 10. The number of fused-ring (bicyclic) bond motifs is 2. The topological polar surface area (TPSA) is 194 Å². The minimum absolute atomic E-state index is 0.247. The van der Waals surface area contributed by atoms with Gasteiger partial charge in [-0.2, -0.15) is 30.1 Å². The van der Waals surface area contributed by atoms with E-state index in [0.717, 1.165) is 33.9 Å². The third-order valence-electron chi connectivity index (χ3n) is 8.79. The summed E-state index contributed by atoms with van der Waals surface area (Å²) in [5.41, 5.74) is 9.22. The van der Waals surface area contributed by atoms with Gasteiger partial charge in [0.15, 0.2) is 23.1 Å². The summed E-state index contributed by atoms with van der Waals surface area (Å²) in [6, 6.07) is 7.97. The van der Waals surface area contributed by atoms with Crippen LogP contribution in [0.4, 0.5) is 29.2 Å². The lowest BCUT2D eigenvalue weighted by atomic mass is 10.1. The number of nitrogens with one attached hydrogen (secondary N) is 1. The Labute approximate surface area is 323 Å². The molecular formula is C36H43ClN14O4. The first-order chi connectivity index (χ1) is 26.4. The Hall–Kier alpha value is -6.43. The molecule has 0 fully saturated rings. The van der Waals surface area contributed by atoms with E-state index in [1.807, 2.05) is 63.7 Å². The van der Waals surface area contributed by atoms with Gasteiger partial charge in [0, 0.05) is 62.8 Å². The van der Waals surface area contributed by atoms with Gasteiger partial charge in [-0.25, -0.2) is 9.97 Å². The van der Waals surface area contributed by atoms with Crippen molar-refractivity contribution in [1.82, 2.24) is 49.5 Å². The van der Waals surface area contributed by atoms with Gasteiger partial charge < -0.3 is 39.8 Å². The quantitative estimate of drug-likeness (QED) is 0.222. The second kappa shape index (κ2) is 16.7. The lowest BCUT2D eigenvalue weighted by Crippen LogP contribution is -2.38. The Morgan fingerprint density at radius 3 is 1.78 bits per heavy atom. The summed E-state index contributed by atoms with van der Waals surface area (Å²) >= 11 is 5.69. The molecule has 0 saturated heterocycles. The van der Waals surface area contributed by atoms with Crippen LogP contribution in [0, 0.1) is 0 Å². The Morgan fingerprint density at radius 1 is 0.709 bits per heavy atom. The van der Waals surface area contributed by atoms with Crippen LogP contribution < -0.4 is 39.8 Å². The van der Waals surface area contributed by atoms with Crippen LogP contribution in [-0.2, 0) is 14.1 Å². The first kappa shape index (κ1) is 38.3. The van der Waals surface area contributed by atoms with Gasteiger partial charge in [-0.05, 0) is 49.7 Å². The molecule has 2 atom stereocenters. The third kappa shape index (κ3) is 8.86. The van der Waals surface area contributed by atoms with Gasteiger partial charge in [0.05, 0.1) is 51.1 Å². The Balaban J connectivity index is 0.000000155.